The molecule has 2 atom stereocenters. The lowest BCUT2D eigenvalue weighted by atomic mass is 9.95. The topological polar surface area (TPSA) is 88.4 Å². The van der Waals surface area contributed by atoms with Crippen LogP contribution in [0.3, 0.4) is 0 Å². The van der Waals surface area contributed by atoms with Crippen LogP contribution in [0.25, 0.3) is 11.3 Å². The van der Waals surface area contributed by atoms with E-state index in [1.54, 1.807) is 12.4 Å². The van der Waals surface area contributed by atoms with Gasteiger partial charge in [-0.25, -0.2) is 9.37 Å². The van der Waals surface area contributed by atoms with Crippen LogP contribution in [-0.2, 0) is 35.2 Å². The van der Waals surface area contributed by atoms with E-state index < -0.39 is 18.1 Å². The van der Waals surface area contributed by atoms with Crippen molar-refractivity contribution >= 4 is 5.97 Å². The number of aryl methyl sites for hydroxylation is 3. The molecule has 0 saturated carbocycles. The van der Waals surface area contributed by atoms with E-state index in [9.17, 15) is 14.3 Å². The molecule has 3 aromatic rings. The average molecular weight is 549 g/mol. The fourth-order valence-electron chi connectivity index (χ4n) is 5.37. The second-order valence-corrected chi connectivity index (χ2v) is 10.7. The van der Waals surface area contributed by atoms with Gasteiger partial charge in [0.05, 0.1) is 30.1 Å². The lowest BCUT2D eigenvalue weighted by molar-refractivity contribution is -0.142. The van der Waals surface area contributed by atoms with E-state index in [0.29, 0.717) is 25.2 Å². The minimum absolute atomic E-state index is 0.0276. The molecule has 1 aliphatic rings. The molecule has 0 radical (unpaired) electrons. The highest BCUT2D eigenvalue weighted by Gasteiger charge is 2.22. The summed E-state index contributed by atoms with van der Waals surface area (Å²) >= 11 is 0. The van der Waals surface area contributed by atoms with Crippen molar-refractivity contribution in [2.45, 2.75) is 64.0 Å². The number of hydrogen-bond donors (Lipinski definition) is 1. The Kier molecular flexibility index (Phi) is 11.5. The maximum absolute atomic E-state index is 14.5. The highest BCUT2D eigenvalue weighted by molar-refractivity contribution is 5.70. The van der Waals surface area contributed by atoms with E-state index in [4.69, 9.17) is 9.72 Å². The zero-order chi connectivity index (χ0) is 28.2. The summed E-state index contributed by atoms with van der Waals surface area (Å²) in [6.07, 6.45) is 10.3. The van der Waals surface area contributed by atoms with Gasteiger partial charge in [0.2, 0.25) is 0 Å². The van der Waals surface area contributed by atoms with Crippen molar-refractivity contribution in [2.24, 2.45) is 5.92 Å². The van der Waals surface area contributed by atoms with E-state index in [1.807, 2.05) is 35.2 Å². The average Bonchev–Trinajstić information content (AvgIpc) is 2.97. The van der Waals surface area contributed by atoms with E-state index in [0.717, 1.165) is 49.1 Å². The van der Waals surface area contributed by atoms with Crippen LogP contribution in [0.15, 0.2) is 54.9 Å². The van der Waals surface area contributed by atoms with Gasteiger partial charge in [-0.15, -0.1) is 0 Å². The molecule has 2 heterocycles. The number of pyridine rings is 1. The van der Waals surface area contributed by atoms with E-state index in [2.05, 4.69) is 22.1 Å². The lowest BCUT2D eigenvalue weighted by Crippen LogP contribution is -2.36. The Labute approximate surface area is 236 Å². The Morgan fingerprint density at radius 1 is 1.02 bits per heavy atom. The number of unbranched alkanes of at least 4 members (excludes halogenated alkanes) is 1. The van der Waals surface area contributed by atoms with Gasteiger partial charge in [0.1, 0.15) is 6.17 Å². The van der Waals surface area contributed by atoms with Crippen LogP contribution in [0, 0.1) is 5.92 Å². The van der Waals surface area contributed by atoms with Gasteiger partial charge in [-0.2, -0.15) is 0 Å². The minimum atomic E-state index is -1.12. The summed E-state index contributed by atoms with van der Waals surface area (Å²) in [5.41, 5.74) is 6.06. The van der Waals surface area contributed by atoms with Gasteiger partial charge in [-0.1, -0.05) is 36.4 Å². The first-order valence-corrected chi connectivity index (χ1v) is 14.4. The number of carboxylic acid groups (broad SMARTS) is 1. The maximum Gasteiger partial charge on any atom is 0.306 e. The van der Waals surface area contributed by atoms with Crippen LogP contribution in [0.2, 0.25) is 0 Å². The van der Waals surface area contributed by atoms with Crippen molar-refractivity contribution in [1.29, 1.82) is 0 Å². The smallest absolute Gasteiger partial charge is 0.306 e. The first-order valence-electron chi connectivity index (χ1n) is 14.4. The Bertz CT molecular complexity index is 1210. The maximum atomic E-state index is 14.5. The summed E-state index contributed by atoms with van der Waals surface area (Å²) in [7, 11) is 1.49. The van der Waals surface area contributed by atoms with Gasteiger partial charge >= 0.3 is 5.97 Å². The number of rotatable bonds is 16. The molecule has 0 aliphatic heterocycles. The molecule has 0 unspecified atom stereocenters. The monoisotopic (exact) mass is 548 g/mol. The fraction of sp³-hybridized carbons (Fsp3) is 0.500. The predicted molar refractivity (Wildman–Crippen MR) is 154 cm³/mol. The van der Waals surface area contributed by atoms with Gasteiger partial charge in [-0.3, -0.25) is 14.8 Å². The van der Waals surface area contributed by atoms with Crippen molar-refractivity contribution in [3.63, 3.8) is 0 Å². The van der Waals surface area contributed by atoms with Gasteiger partial charge in [0, 0.05) is 43.2 Å². The Balaban J connectivity index is 1.32. The second-order valence-electron chi connectivity index (χ2n) is 10.7. The predicted octanol–water partition coefficient (Wildman–Crippen LogP) is 5.36. The Morgan fingerprint density at radius 2 is 1.85 bits per heavy atom. The zero-order valence-corrected chi connectivity index (χ0v) is 23.5. The molecule has 7 nitrogen and oxygen atoms in total. The summed E-state index contributed by atoms with van der Waals surface area (Å²) in [6.45, 7) is 1.44. The Morgan fingerprint density at radius 3 is 2.65 bits per heavy atom. The number of alkyl halides is 1. The molecule has 1 aliphatic carbocycles. The first-order chi connectivity index (χ1) is 19.5. The van der Waals surface area contributed by atoms with Crippen LogP contribution < -0.4 is 0 Å². The number of benzene rings is 1. The van der Waals surface area contributed by atoms with E-state index in [-0.39, 0.29) is 19.6 Å². The number of ether oxygens (including phenoxy) is 1. The van der Waals surface area contributed by atoms with Crippen molar-refractivity contribution in [3.05, 3.63) is 77.5 Å². The number of carboxylic acids is 1. The number of aliphatic carboxylic acids is 1. The number of carbonyl (C=O) groups is 1. The molecule has 8 heteroatoms. The SMILES string of the molecule is COC[C@@H](F)CN(CCCCc1ccc2c(n1)CCCC2)CC[C@H](Cc1cncc(-c2ccccc2)n1)C(=O)O. The van der Waals surface area contributed by atoms with Crippen molar-refractivity contribution < 1.29 is 19.0 Å². The van der Waals surface area contributed by atoms with Gasteiger partial charge in [0.25, 0.3) is 0 Å². The summed E-state index contributed by atoms with van der Waals surface area (Å²) < 4.78 is 19.5. The highest BCUT2D eigenvalue weighted by Crippen LogP contribution is 2.21. The van der Waals surface area contributed by atoms with Crippen LogP contribution in [0.1, 0.15) is 54.7 Å². The number of halogens is 1. The highest BCUT2D eigenvalue weighted by atomic mass is 19.1. The summed E-state index contributed by atoms with van der Waals surface area (Å²) in [5, 5.41) is 9.96. The molecule has 0 bridgehead atoms. The molecule has 214 valence electrons. The van der Waals surface area contributed by atoms with Gasteiger partial charge in [-0.05, 0) is 76.1 Å². The summed E-state index contributed by atoms with van der Waals surface area (Å²) in [4.78, 5) is 28.0. The van der Waals surface area contributed by atoms with E-state index in [1.165, 1.54) is 31.2 Å². The van der Waals surface area contributed by atoms with Crippen molar-refractivity contribution in [2.75, 3.05) is 33.4 Å². The molecule has 0 saturated heterocycles. The number of aromatic nitrogens is 3. The van der Waals surface area contributed by atoms with Crippen molar-refractivity contribution in [3.8, 4) is 11.3 Å². The number of nitrogens with zero attached hydrogens (tertiary/aromatic N) is 4. The molecule has 0 spiro atoms. The third kappa shape index (κ3) is 9.17. The zero-order valence-electron chi connectivity index (χ0n) is 23.5. The first kappa shape index (κ1) is 29.7. The molecule has 40 heavy (non-hydrogen) atoms. The standard InChI is InChI=1S/C32H41FN4O3/c1-40-23-27(33)22-37(17-8-7-12-28-15-14-25-11-5-6-13-30(25)35-28)18-16-26(32(38)39)19-29-20-34-21-31(36-29)24-9-3-2-4-10-24/h2-4,9-10,14-15,20-21,26-27H,5-8,11-13,16-19,22-23H2,1H3,(H,38,39)/t26-,27+/m1/s1. The van der Waals surface area contributed by atoms with Gasteiger partial charge in [0.15, 0.2) is 0 Å². The fourth-order valence-corrected chi connectivity index (χ4v) is 5.37. The van der Waals surface area contributed by atoms with Crippen LogP contribution >= 0.6 is 0 Å². The molecular formula is C32H41FN4O3. The van der Waals surface area contributed by atoms with Crippen LogP contribution in [-0.4, -0.2) is 70.5 Å². The molecule has 1 N–H and O–H groups in total. The minimum Gasteiger partial charge on any atom is -0.481 e. The number of fused-ring (bicyclic) bond motifs is 1. The lowest BCUT2D eigenvalue weighted by Gasteiger charge is -2.25. The van der Waals surface area contributed by atoms with Crippen molar-refractivity contribution in [1.82, 2.24) is 19.9 Å². The third-order valence-corrected chi connectivity index (χ3v) is 7.55. The van der Waals surface area contributed by atoms with Crippen LogP contribution in [0.5, 0.6) is 0 Å². The molecule has 1 aromatic carbocycles. The largest absolute Gasteiger partial charge is 0.481 e. The summed E-state index contributed by atoms with van der Waals surface area (Å²) in [5.74, 6) is -1.51. The second kappa shape index (κ2) is 15.5. The Hall–Kier alpha value is -3.23. The third-order valence-electron chi connectivity index (χ3n) is 7.55. The molecule has 0 fully saturated rings. The molecule has 0 amide bonds. The molecular weight excluding hydrogens is 507 g/mol. The molecule has 4 rings (SSSR count). The normalized spacial score (nSPS) is 14.6. The number of methoxy groups -OCH3 is 1. The molecule has 2 aromatic heterocycles. The summed E-state index contributed by atoms with van der Waals surface area (Å²) in [6, 6.07) is 14.1. The van der Waals surface area contributed by atoms with Gasteiger partial charge < -0.3 is 14.7 Å². The number of hydrogen-bond acceptors (Lipinski definition) is 6. The van der Waals surface area contributed by atoms with E-state index >= 15 is 0 Å². The quantitative estimate of drug-likeness (QED) is 0.241. The van der Waals surface area contributed by atoms with Crippen LogP contribution in [0.4, 0.5) is 4.39 Å².